The molecule has 0 radical (unpaired) electrons. The lowest BCUT2D eigenvalue weighted by atomic mass is 9.95. The van der Waals surface area contributed by atoms with Crippen molar-refractivity contribution in [3.8, 4) is 0 Å². The number of pyridine rings is 1. The van der Waals surface area contributed by atoms with Gasteiger partial charge in [-0.2, -0.15) is 0 Å². The average molecular weight is 324 g/mol. The van der Waals surface area contributed by atoms with Crippen LogP contribution in [0.1, 0.15) is 21.5 Å². The van der Waals surface area contributed by atoms with Crippen LogP contribution in [0, 0.1) is 0 Å². The van der Waals surface area contributed by atoms with Crippen LogP contribution in [0.3, 0.4) is 0 Å². The van der Waals surface area contributed by atoms with Crippen LogP contribution in [0.15, 0.2) is 42.6 Å². The van der Waals surface area contributed by atoms with Gasteiger partial charge in [0.15, 0.2) is 0 Å². The van der Waals surface area contributed by atoms with E-state index in [-0.39, 0.29) is 11.8 Å². The van der Waals surface area contributed by atoms with Crippen LogP contribution in [-0.2, 0) is 17.8 Å². The molecule has 0 saturated carbocycles. The molecule has 1 aliphatic rings. The van der Waals surface area contributed by atoms with Crippen molar-refractivity contribution < 1.29 is 9.59 Å². The van der Waals surface area contributed by atoms with Crippen molar-refractivity contribution in [2.45, 2.75) is 19.0 Å². The van der Waals surface area contributed by atoms with Crippen molar-refractivity contribution in [3.05, 3.63) is 59.3 Å². The molecule has 2 amide bonds. The molecule has 2 aromatic rings. The van der Waals surface area contributed by atoms with Gasteiger partial charge in [0.25, 0.3) is 5.91 Å². The van der Waals surface area contributed by atoms with E-state index in [1.165, 1.54) is 0 Å². The first-order chi connectivity index (χ1) is 11.6. The predicted molar refractivity (Wildman–Crippen MR) is 91.8 cm³/mol. The number of rotatable bonds is 4. The zero-order chi connectivity index (χ0) is 17.1. The molecule has 124 valence electrons. The summed E-state index contributed by atoms with van der Waals surface area (Å²) in [7, 11) is 3.82. The number of hydrogen-bond acceptors (Lipinski definition) is 4. The lowest BCUT2D eigenvalue weighted by Gasteiger charge is -2.25. The Morgan fingerprint density at radius 3 is 2.88 bits per heavy atom. The number of carbonyl (C=O) groups excluding carboxylic acids is 2. The maximum atomic E-state index is 12.4. The highest BCUT2D eigenvalue weighted by atomic mass is 16.2. The number of carbonyl (C=O) groups is 2. The van der Waals surface area contributed by atoms with Crippen LogP contribution in [0.4, 0.5) is 5.82 Å². The van der Waals surface area contributed by atoms with Crippen LogP contribution < -0.4 is 15.5 Å². The second kappa shape index (κ2) is 6.70. The van der Waals surface area contributed by atoms with E-state index in [2.05, 4.69) is 15.6 Å². The fraction of sp³-hybridized carbons (Fsp3) is 0.278. The summed E-state index contributed by atoms with van der Waals surface area (Å²) in [5.41, 5.74) is 2.47. The summed E-state index contributed by atoms with van der Waals surface area (Å²) < 4.78 is 0. The molecule has 0 aliphatic carbocycles. The standard InChI is InChI=1S/C18H20N4O2/c1-22(2)16-13(7-5-9-19-16)11-20-18(24)15-10-12-6-3-4-8-14(12)17(23)21-15/h3-9,15H,10-11H2,1-2H3,(H,20,24)(H,21,23). The molecule has 1 aromatic carbocycles. The lowest BCUT2D eigenvalue weighted by molar-refractivity contribution is -0.123. The van der Waals surface area contributed by atoms with E-state index in [1.54, 1.807) is 12.3 Å². The third kappa shape index (κ3) is 3.22. The quantitative estimate of drug-likeness (QED) is 0.884. The summed E-state index contributed by atoms with van der Waals surface area (Å²) in [6.07, 6.45) is 2.22. The normalized spacial score (nSPS) is 16.1. The first-order valence-corrected chi connectivity index (χ1v) is 7.84. The maximum Gasteiger partial charge on any atom is 0.252 e. The Bertz CT molecular complexity index is 773. The zero-order valence-electron chi connectivity index (χ0n) is 13.7. The molecular formula is C18H20N4O2. The van der Waals surface area contributed by atoms with Crippen LogP contribution in [0.25, 0.3) is 0 Å². The second-order valence-corrected chi connectivity index (χ2v) is 5.99. The Kier molecular flexibility index (Phi) is 4.46. The predicted octanol–water partition coefficient (Wildman–Crippen LogP) is 1.12. The van der Waals surface area contributed by atoms with Gasteiger partial charge in [-0.25, -0.2) is 4.98 Å². The Morgan fingerprint density at radius 1 is 1.29 bits per heavy atom. The van der Waals surface area contributed by atoms with Crippen LogP contribution in [0.5, 0.6) is 0 Å². The fourth-order valence-electron chi connectivity index (χ4n) is 2.86. The van der Waals surface area contributed by atoms with E-state index in [0.29, 0.717) is 18.5 Å². The number of benzene rings is 1. The van der Waals surface area contributed by atoms with E-state index in [9.17, 15) is 9.59 Å². The molecule has 6 nitrogen and oxygen atoms in total. The van der Waals surface area contributed by atoms with Crippen molar-refractivity contribution in [1.29, 1.82) is 0 Å². The van der Waals surface area contributed by atoms with Gasteiger partial charge in [0.2, 0.25) is 5.91 Å². The Labute approximate surface area is 140 Å². The van der Waals surface area contributed by atoms with Gasteiger partial charge in [-0.1, -0.05) is 24.3 Å². The molecule has 0 fully saturated rings. The number of aromatic nitrogens is 1. The highest BCUT2D eigenvalue weighted by Crippen LogP contribution is 2.17. The molecule has 0 saturated heterocycles. The third-order valence-electron chi connectivity index (χ3n) is 4.05. The maximum absolute atomic E-state index is 12.4. The summed E-state index contributed by atoms with van der Waals surface area (Å²) in [5.74, 6) is 0.426. The first kappa shape index (κ1) is 16.0. The molecule has 0 spiro atoms. The minimum atomic E-state index is -0.549. The van der Waals surface area contributed by atoms with Gasteiger partial charge in [0, 0.05) is 44.4 Å². The SMILES string of the molecule is CN(C)c1ncccc1CNC(=O)C1Cc2ccccc2C(=O)N1. The molecule has 1 aromatic heterocycles. The number of nitrogens with one attached hydrogen (secondary N) is 2. The topological polar surface area (TPSA) is 74.3 Å². The number of fused-ring (bicyclic) bond motifs is 1. The second-order valence-electron chi connectivity index (χ2n) is 5.99. The summed E-state index contributed by atoms with van der Waals surface area (Å²) >= 11 is 0. The molecule has 24 heavy (non-hydrogen) atoms. The monoisotopic (exact) mass is 324 g/mol. The minimum absolute atomic E-state index is 0.189. The largest absolute Gasteiger partial charge is 0.362 e. The molecule has 2 N–H and O–H groups in total. The average Bonchev–Trinajstić information content (AvgIpc) is 2.59. The highest BCUT2D eigenvalue weighted by Gasteiger charge is 2.28. The number of amides is 2. The van der Waals surface area contributed by atoms with Gasteiger partial charge in [0.05, 0.1) is 0 Å². The molecule has 6 heteroatoms. The smallest absolute Gasteiger partial charge is 0.252 e. The molecule has 3 rings (SSSR count). The molecular weight excluding hydrogens is 304 g/mol. The van der Waals surface area contributed by atoms with Crippen molar-refractivity contribution in [2.75, 3.05) is 19.0 Å². The first-order valence-electron chi connectivity index (χ1n) is 7.84. The van der Waals surface area contributed by atoms with E-state index >= 15 is 0 Å². The molecule has 2 heterocycles. The number of hydrogen-bond donors (Lipinski definition) is 2. The van der Waals surface area contributed by atoms with E-state index in [0.717, 1.165) is 16.9 Å². The van der Waals surface area contributed by atoms with Gasteiger partial charge in [-0.3, -0.25) is 9.59 Å². The Balaban J connectivity index is 1.68. The van der Waals surface area contributed by atoms with Crippen LogP contribution >= 0.6 is 0 Å². The van der Waals surface area contributed by atoms with Gasteiger partial charge >= 0.3 is 0 Å². The number of nitrogens with zero attached hydrogens (tertiary/aromatic N) is 2. The van der Waals surface area contributed by atoms with Gasteiger partial charge in [0.1, 0.15) is 11.9 Å². The highest BCUT2D eigenvalue weighted by molar-refractivity contribution is 6.00. The Hall–Kier alpha value is -2.89. The lowest BCUT2D eigenvalue weighted by Crippen LogP contribution is -2.50. The summed E-state index contributed by atoms with van der Waals surface area (Å²) in [6, 6.07) is 10.6. The molecule has 1 unspecified atom stereocenters. The van der Waals surface area contributed by atoms with Crippen molar-refractivity contribution >= 4 is 17.6 Å². The van der Waals surface area contributed by atoms with Gasteiger partial charge in [-0.15, -0.1) is 0 Å². The van der Waals surface area contributed by atoms with Crippen molar-refractivity contribution in [3.63, 3.8) is 0 Å². The van der Waals surface area contributed by atoms with Gasteiger partial charge in [-0.05, 0) is 17.7 Å². The summed E-state index contributed by atoms with van der Waals surface area (Å²) in [4.78, 5) is 30.8. The summed E-state index contributed by atoms with van der Waals surface area (Å²) in [5, 5.41) is 5.66. The van der Waals surface area contributed by atoms with Crippen LogP contribution in [0.2, 0.25) is 0 Å². The minimum Gasteiger partial charge on any atom is -0.362 e. The van der Waals surface area contributed by atoms with Crippen LogP contribution in [-0.4, -0.2) is 36.9 Å². The molecule has 0 bridgehead atoms. The van der Waals surface area contributed by atoms with E-state index < -0.39 is 6.04 Å². The van der Waals surface area contributed by atoms with Crippen molar-refractivity contribution in [1.82, 2.24) is 15.6 Å². The Morgan fingerprint density at radius 2 is 2.08 bits per heavy atom. The van der Waals surface area contributed by atoms with E-state index in [4.69, 9.17) is 0 Å². The van der Waals surface area contributed by atoms with Gasteiger partial charge < -0.3 is 15.5 Å². The fourth-order valence-corrected chi connectivity index (χ4v) is 2.86. The van der Waals surface area contributed by atoms with Crippen molar-refractivity contribution in [2.24, 2.45) is 0 Å². The third-order valence-corrected chi connectivity index (χ3v) is 4.05. The molecule has 1 atom stereocenters. The van der Waals surface area contributed by atoms with E-state index in [1.807, 2.05) is 49.3 Å². The zero-order valence-corrected chi connectivity index (χ0v) is 13.7. The summed E-state index contributed by atoms with van der Waals surface area (Å²) in [6.45, 7) is 0.369. The number of anilines is 1. The molecule has 1 aliphatic heterocycles.